The van der Waals surface area contributed by atoms with Crippen molar-refractivity contribution in [2.24, 2.45) is 0 Å². The normalized spacial score (nSPS) is 11.0. The third kappa shape index (κ3) is 3.57. The molecule has 0 bridgehead atoms. The summed E-state index contributed by atoms with van der Waals surface area (Å²) in [7, 11) is 0. The second kappa shape index (κ2) is 6.97. The van der Waals surface area contributed by atoms with Crippen molar-refractivity contribution in [1.82, 2.24) is 20.1 Å². The number of benzene rings is 2. The third-order valence-electron chi connectivity index (χ3n) is 3.78. The zero-order valence-corrected chi connectivity index (χ0v) is 14.3. The zero-order valence-electron chi connectivity index (χ0n) is 13.6. The highest BCUT2D eigenvalue weighted by Crippen LogP contribution is 2.19. The SMILES string of the molecule is O=C(CCc1nc(-c2ccc(Cl)cc2)no1)Nc1nc2ccccc2[nH]1. The molecule has 0 fully saturated rings. The lowest BCUT2D eigenvalue weighted by molar-refractivity contribution is -0.116. The number of imidazole rings is 1. The number of H-pyrrole nitrogens is 1. The summed E-state index contributed by atoms with van der Waals surface area (Å²) in [5.74, 6) is 1.10. The number of hydrogen-bond acceptors (Lipinski definition) is 5. The number of aryl methyl sites for hydroxylation is 1. The van der Waals surface area contributed by atoms with Crippen LogP contribution in [-0.4, -0.2) is 26.0 Å². The number of fused-ring (bicyclic) bond motifs is 1. The molecule has 8 heteroatoms. The standard InChI is InChI=1S/C18H14ClN5O2/c19-12-7-5-11(6-8-12)17-23-16(26-24-17)10-9-15(25)22-18-20-13-3-1-2-4-14(13)21-18/h1-8H,9-10H2,(H2,20,21,22,25). The fraction of sp³-hybridized carbons (Fsp3) is 0.111. The number of para-hydroxylation sites is 2. The van der Waals surface area contributed by atoms with Crippen LogP contribution in [0.3, 0.4) is 0 Å². The van der Waals surface area contributed by atoms with E-state index in [2.05, 4.69) is 25.4 Å². The van der Waals surface area contributed by atoms with Crippen LogP contribution in [0.4, 0.5) is 5.95 Å². The molecular weight excluding hydrogens is 354 g/mol. The van der Waals surface area contributed by atoms with Gasteiger partial charge in [0.1, 0.15) is 0 Å². The molecule has 0 radical (unpaired) electrons. The number of hydrogen-bond donors (Lipinski definition) is 2. The van der Waals surface area contributed by atoms with Crippen molar-refractivity contribution in [3.05, 3.63) is 59.4 Å². The van der Waals surface area contributed by atoms with Crippen molar-refractivity contribution in [1.29, 1.82) is 0 Å². The Bertz CT molecular complexity index is 1020. The molecule has 4 rings (SSSR count). The molecule has 2 N–H and O–H groups in total. The molecular formula is C18H14ClN5O2. The van der Waals surface area contributed by atoms with Crippen LogP contribution in [0, 0.1) is 0 Å². The van der Waals surface area contributed by atoms with Gasteiger partial charge in [-0.05, 0) is 36.4 Å². The zero-order chi connectivity index (χ0) is 17.9. The van der Waals surface area contributed by atoms with Crippen LogP contribution >= 0.6 is 11.6 Å². The molecule has 0 unspecified atom stereocenters. The minimum absolute atomic E-state index is 0.185. The van der Waals surface area contributed by atoms with Crippen molar-refractivity contribution < 1.29 is 9.32 Å². The molecule has 2 aromatic carbocycles. The van der Waals surface area contributed by atoms with E-state index >= 15 is 0 Å². The summed E-state index contributed by atoms with van der Waals surface area (Å²) < 4.78 is 5.20. The van der Waals surface area contributed by atoms with E-state index in [-0.39, 0.29) is 12.3 Å². The van der Waals surface area contributed by atoms with Gasteiger partial charge in [-0.3, -0.25) is 10.1 Å². The van der Waals surface area contributed by atoms with Crippen molar-refractivity contribution in [2.45, 2.75) is 12.8 Å². The van der Waals surface area contributed by atoms with Gasteiger partial charge < -0.3 is 9.51 Å². The topological polar surface area (TPSA) is 96.7 Å². The lowest BCUT2D eigenvalue weighted by Crippen LogP contribution is -2.13. The first-order valence-corrected chi connectivity index (χ1v) is 8.38. The Hall–Kier alpha value is -3.19. The number of rotatable bonds is 5. The molecule has 130 valence electrons. The summed E-state index contributed by atoms with van der Waals surface area (Å²) in [5.41, 5.74) is 2.47. The van der Waals surface area contributed by atoms with Crippen molar-refractivity contribution in [3.8, 4) is 11.4 Å². The number of halogens is 1. The smallest absolute Gasteiger partial charge is 0.227 e. The summed E-state index contributed by atoms with van der Waals surface area (Å²) in [4.78, 5) is 23.8. The fourth-order valence-corrected chi connectivity index (χ4v) is 2.63. The average molecular weight is 368 g/mol. The Morgan fingerprint density at radius 1 is 1.12 bits per heavy atom. The summed E-state index contributed by atoms with van der Waals surface area (Å²) in [6, 6.07) is 14.7. The minimum atomic E-state index is -0.185. The highest BCUT2D eigenvalue weighted by atomic mass is 35.5. The van der Waals surface area contributed by atoms with Crippen LogP contribution in [0.25, 0.3) is 22.4 Å². The van der Waals surface area contributed by atoms with Crippen molar-refractivity contribution in [3.63, 3.8) is 0 Å². The van der Waals surface area contributed by atoms with Crippen molar-refractivity contribution >= 4 is 34.5 Å². The highest BCUT2D eigenvalue weighted by Gasteiger charge is 2.12. The van der Waals surface area contributed by atoms with Crippen molar-refractivity contribution in [2.75, 3.05) is 5.32 Å². The number of nitrogens with zero attached hydrogens (tertiary/aromatic N) is 3. The second-order valence-electron chi connectivity index (χ2n) is 5.67. The van der Waals surface area contributed by atoms with E-state index in [0.717, 1.165) is 16.6 Å². The predicted molar refractivity (Wildman–Crippen MR) is 97.8 cm³/mol. The van der Waals surface area contributed by atoms with Crippen LogP contribution in [0.1, 0.15) is 12.3 Å². The van der Waals surface area contributed by atoms with E-state index in [1.165, 1.54) is 0 Å². The number of carbonyl (C=O) groups excluding carboxylic acids is 1. The summed E-state index contributed by atoms with van der Waals surface area (Å²) in [6.45, 7) is 0. The number of nitrogens with one attached hydrogen (secondary N) is 2. The molecule has 0 atom stereocenters. The third-order valence-corrected chi connectivity index (χ3v) is 4.04. The van der Waals surface area contributed by atoms with Gasteiger partial charge in [0.05, 0.1) is 11.0 Å². The molecule has 0 aliphatic rings. The summed E-state index contributed by atoms with van der Waals surface area (Å²) >= 11 is 5.86. The van der Waals surface area contributed by atoms with Crippen LogP contribution < -0.4 is 5.32 Å². The van der Waals surface area contributed by atoms with Crippen LogP contribution in [0.5, 0.6) is 0 Å². The van der Waals surface area contributed by atoms with Crippen LogP contribution in [0.15, 0.2) is 53.1 Å². The maximum Gasteiger partial charge on any atom is 0.227 e. The molecule has 0 saturated carbocycles. The molecule has 4 aromatic rings. The van der Waals surface area contributed by atoms with Crippen LogP contribution in [0.2, 0.25) is 5.02 Å². The Morgan fingerprint density at radius 2 is 1.92 bits per heavy atom. The van der Waals surface area contributed by atoms with Gasteiger partial charge in [0.2, 0.25) is 23.6 Å². The Balaban J connectivity index is 1.36. The first-order chi connectivity index (χ1) is 12.7. The Kier molecular flexibility index (Phi) is 4.37. The first kappa shape index (κ1) is 16.3. The minimum Gasteiger partial charge on any atom is -0.339 e. The average Bonchev–Trinajstić information content (AvgIpc) is 3.27. The van der Waals surface area contributed by atoms with E-state index in [1.807, 2.05) is 36.4 Å². The van der Waals surface area contributed by atoms with E-state index in [0.29, 0.717) is 29.1 Å². The number of aromatic nitrogens is 4. The molecule has 0 saturated heterocycles. The van der Waals surface area contributed by atoms with E-state index < -0.39 is 0 Å². The van der Waals surface area contributed by atoms with Gasteiger partial charge >= 0.3 is 0 Å². The number of amides is 1. The molecule has 1 amide bonds. The maximum atomic E-state index is 12.1. The highest BCUT2D eigenvalue weighted by molar-refractivity contribution is 6.30. The Labute approximate surface area is 153 Å². The predicted octanol–water partition coefficient (Wildman–Crippen LogP) is 3.84. The monoisotopic (exact) mass is 367 g/mol. The lowest BCUT2D eigenvalue weighted by atomic mass is 10.2. The molecule has 2 heterocycles. The maximum absolute atomic E-state index is 12.1. The van der Waals surface area contributed by atoms with Gasteiger partial charge in [0.25, 0.3) is 0 Å². The van der Waals surface area contributed by atoms with Gasteiger partial charge in [0.15, 0.2) is 0 Å². The molecule has 2 aromatic heterocycles. The number of anilines is 1. The molecule has 7 nitrogen and oxygen atoms in total. The van der Waals surface area contributed by atoms with Gasteiger partial charge in [-0.2, -0.15) is 4.98 Å². The fourth-order valence-electron chi connectivity index (χ4n) is 2.50. The molecule has 26 heavy (non-hydrogen) atoms. The van der Waals surface area contributed by atoms with Gasteiger partial charge in [-0.25, -0.2) is 4.98 Å². The van der Waals surface area contributed by atoms with Gasteiger partial charge in [-0.15, -0.1) is 0 Å². The summed E-state index contributed by atoms with van der Waals surface area (Å²) in [6.07, 6.45) is 0.548. The van der Waals surface area contributed by atoms with Crippen LogP contribution in [-0.2, 0) is 11.2 Å². The quantitative estimate of drug-likeness (QED) is 0.558. The van der Waals surface area contributed by atoms with Gasteiger partial charge in [-0.1, -0.05) is 28.9 Å². The summed E-state index contributed by atoms with van der Waals surface area (Å²) in [5, 5.41) is 7.30. The number of aromatic amines is 1. The molecule has 0 aliphatic carbocycles. The lowest BCUT2D eigenvalue weighted by Gasteiger charge is -1.99. The number of carbonyl (C=O) groups is 1. The van der Waals surface area contributed by atoms with E-state index in [4.69, 9.17) is 16.1 Å². The molecule has 0 spiro atoms. The molecule has 0 aliphatic heterocycles. The van der Waals surface area contributed by atoms with E-state index in [1.54, 1.807) is 12.1 Å². The van der Waals surface area contributed by atoms with E-state index in [9.17, 15) is 4.79 Å². The van der Waals surface area contributed by atoms with Gasteiger partial charge in [0, 0.05) is 23.4 Å². The second-order valence-corrected chi connectivity index (χ2v) is 6.11. The first-order valence-electron chi connectivity index (χ1n) is 8.00. The largest absolute Gasteiger partial charge is 0.339 e. The Morgan fingerprint density at radius 3 is 2.73 bits per heavy atom.